The highest BCUT2D eigenvalue weighted by atomic mass is 16.5. The third-order valence-corrected chi connectivity index (χ3v) is 3.41. The third-order valence-electron chi connectivity index (χ3n) is 3.41. The van der Waals surface area contributed by atoms with Crippen LogP contribution in [0.5, 0.6) is 0 Å². The van der Waals surface area contributed by atoms with Gasteiger partial charge in [-0.05, 0) is 37.8 Å². The number of nitrogens with zero attached hydrogens (tertiary/aromatic N) is 1. The summed E-state index contributed by atoms with van der Waals surface area (Å²) in [7, 11) is 0. The molecular formula is C14H18N2O2. The fraction of sp³-hybridized carbons (Fsp3) is 0.500. The second kappa shape index (κ2) is 4.98. The summed E-state index contributed by atoms with van der Waals surface area (Å²) in [5.41, 5.74) is 8.08. The van der Waals surface area contributed by atoms with Crippen molar-refractivity contribution < 1.29 is 9.15 Å². The summed E-state index contributed by atoms with van der Waals surface area (Å²) in [6, 6.07) is 5.57. The lowest BCUT2D eigenvalue weighted by Gasteiger charge is -2.21. The SMILES string of the molecule is Nc1ccc2nc(CCC3CCCCO3)oc2c1. The van der Waals surface area contributed by atoms with Crippen molar-refractivity contribution >= 4 is 16.8 Å². The molecule has 4 heteroatoms. The van der Waals surface area contributed by atoms with Crippen LogP contribution in [0, 0.1) is 0 Å². The molecule has 4 nitrogen and oxygen atoms in total. The molecule has 2 aromatic rings. The number of rotatable bonds is 3. The third kappa shape index (κ3) is 2.48. The van der Waals surface area contributed by atoms with E-state index < -0.39 is 0 Å². The molecule has 3 rings (SSSR count). The first-order valence-corrected chi connectivity index (χ1v) is 6.58. The van der Waals surface area contributed by atoms with Gasteiger partial charge in [0.15, 0.2) is 11.5 Å². The van der Waals surface area contributed by atoms with Gasteiger partial charge in [0, 0.05) is 24.8 Å². The van der Waals surface area contributed by atoms with Crippen LogP contribution in [-0.2, 0) is 11.2 Å². The Morgan fingerprint density at radius 2 is 2.28 bits per heavy atom. The van der Waals surface area contributed by atoms with E-state index >= 15 is 0 Å². The van der Waals surface area contributed by atoms with E-state index in [1.807, 2.05) is 18.2 Å². The zero-order valence-corrected chi connectivity index (χ0v) is 10.4. The Hall–Kier alpha value is -1.55. The van der Waals surface area contributed by atoms with Gasteiger partial charge in [0.25, 0.3) is 0 Å². The number of aryl methyl sites for hydroxylation is 1. The lowest BCUT2D eigenvalue weighted by atomic mass is 10.0. The van der Waals surface area contributed by atoms with Crippen LogP contribution in [0.15, 0.2) is 22.6 Å². The van der Waals surface area contributed by atoms with E-state index in [2.05, 4.69) is 4.98 Å². The molecule has 1 unspecified atom stereocenters. The van der Waals surface area contributed by atoms with E-state index in [1.54, 1.807) is 0 Å². The molecule has 18 heavy (non-hydrogen) atoms. The number of hydrogen-bond donors (Lipinski definition) is 1. The minimum atomic E-state index is 0.374. The zero-order chi connectivity index (χ0) is 12.4. The number of nitrogen functional groups attached to an aromatic ring is 1. The zero-order valence-electron chi connectivity index (χ0n) is 10.4. The molecule has 1 aliphatic rings. The maximum atomic E-state index is 5.72. The smallest absolute Gasteiger partial charge is 0.195 e. The summed E-state index contributed by atoms with van der Waals surface area (Å²) in [6.45, 7) is 0.898. The summed E-state index contributed by atoms with van der Waals surface area (Å²) < 4.78 is 11.4. The molecule has 1 aromatic heterocycles. The van der Waals surface area contributed by atoms with Crippen LogP contribution in [0.3, 0.4) is 0 Å². The highest BCUT2D eigenvalue weighted by Crippen LogP contribution is 2.21. The second-order valence-electron chi connectivity index (χ2n) is 4.86. The minimum absolute atomic E-state index is 0.374. The van der Waals surface area contributed by atoms with Gasteiger partial charge in [-0.1, -0.05) is 0 Å². The van der Waals surface area contributed by atoms with Crippen molar-refractivity contribution in [3.63, 3.8) is 0 Å². The highest BCUT2D eigenvalue weighted by Gasteiger charge is 2.15. The number of ether oxygens (including phenoxy) is 1. The molecule has 0 spiro atoms. The first kappa shape index (κ1) is 11.5. The molecule has 1 saturated heterocycles. The van der Waals surface area contributed by atoms with Crippen LogP contribution < -0.4 is 5.73 Å². The number of hydrogen-bond acceptors (Lipinski definition) is 4. The Kier molecular flexibility index (Phi) is 3.19. The fourth-order valence-electron chi connectivity index (χ4n) is 2.42. The van der Waals surface area contributed by atoms with Gasteiger partial charge in [-0.3, -0.25) is 0 Å². The molecule has 1 aliphatic heterocycles. The van der Waals surface area contributed by atoms with Crippen LogP contribution in [0.25, 0.3) is 11.1 Å². The summed E-state index contributed by atoms with van der Waals surface area (Å²) in [4.78, 5) is 4.46. The van der Waals surface area contributed by atoms with Crippen LogP contribution >= 0.6 is 0 Å². The van der Waals surface area contributed by atoms with E-state index in [0.29, 0.717) is 11.8 Å². The molecule has 0 saturated carbocycles. The second-order valence-corrected chi connectivity index (χ2v) is 4.86. The molecule has 2 heterocycles. The van der Waals surface area contributed by atoms with Crippen LogP contribution in [0.1, 0.15) is 31.6 Å². The van der Waals surface area contributed by atoms with Crippen molar-refractivity contribution in [2.24, 2.45) is 0 Å². The average molecular weight is 246 g/mol. The molecule has 1 fully saturated rings. The van der Waals surface area contributed by atoms with Crippen LogP contribution in [0.2, 0.25) is 0 Å². The maximum Gasteiger partial charge on any atom is 0.195 e. The summed E-state index contributed by atoms with van der Waals surface area (Å²) >= 11 is 0. The average Bonchev–Trinajstić information content (AvgIpc) is 2.79. The summed E-state index contributed by atoms with van der Waals surface area (Å²) in [6.07, 6.45) is 5.82. The number of oxazole rings is 1. The van der Waals surface area contributed by atoms with Gasteiger partial charge >= 0.3 is 0 Å². The summed E-state index contributed by atoms with van der Waals surface area (Å²) in [5, 5.41) is 0. The largest absolute Gasteiger partial charge is 0.441 e. The van der Waals surface area contributed by atoms with Gasteiger partial charge in [0.05, 0.1) is 6.10 Å². The van der Waals surface area contributed by atoms with Gasteiger partial charge < -0.3 is 14.9 Å². The predicted molar refractivity (Wildman–Crippen MR) is 70.3 cm³/mol. The first-order valence-electron chi connectivity index (χ1n) is 6.58. The summed E-state index contributed by atoms with van der Waals surface area (Å²) in [5.74, 6) is 0.782. The van der Waals surface area contributed by atoms with Crippen LogP contribution in [0.4, 0.5) is 5.69 Å². The van der Waals surface area contributed by atoms with Gasteiger partial charge in [-0.2, -0.15) is 0 Å². The standard InChI is InChI=1S/C14H18N2O2/c15-10-4-6-12-13(9-10)18-14(16-12)7-5-11-3-1-2-8-17-11/h4,6,9,11H,1-3,5,7-8,15H2. The maximum absolute atomic E-state index is 5.72. The molecular weight excluding hydrogens is 228 g/mol. The monoisotopic (exact) mass is 246 g/mol. The van der Waals surface area contributed by atoms with Crippen molar-refractivity contribution in [3.8, 4) is 0 Å². The fourth-order valence-corrected chi connectivity index (χ4v) is 2.42. The molecule has 1 aromatic carbocycles. The van der Waals surface area contributed by atoms with Crippen LogP contribution in [-0.4, -0.2) is 17.7 Å². The van der Waals surface area contributed by atoms with Gasteiger partial charge in [0.1, 0.15) is 5.52 Å². The van der Waals surface area contributed by atoms with Gasteiger partial charge in [-0.25, -0.2) is 4.98 Å². The van der Waals surface area contributed by atoms with E-state index in [1.165, 1.54) is 12.8 Å². The first-order chi connectivity index (χ1) is 8.81. The van der Waals surface area contributed by atoms with Gasteiger partial charge in [-0.15, -0.1) is 0 Å². The molecule has 0 amide bonds. The Morgan fingerprint density at radius 3 is 3.11 bits per heavy atom. The Morgan fingerprint density at radius 1 is 1.33 bits per heavy atom. The quantitative estimate of drug-likeness (QED) is 0.846. The molecule has 2 N–H and O–H groups in total. The van der Waals surface area contributed by atoms with E-state index in [0.717, 1.165) is 42.9 Å². The molecule has 0 bridgehead atoms. The highest BCUT2D eigenvalue weighted by molar-refractivity contribution is 5.76. The number of benzene rings is 1. The predicted octanol–water partition coefficient (Wildman–Crippen LogP) is 2.91. The van der Waals surface area contributed by atoms with Crippen molar-refractivity contribution in [3.05, 3.63) is 24.1 Å². The number of aromatic nitrogens is 1. The van der Waals surface area contributed by atoms with Gasteiger partial charge in [0.2, 0.25) is 0 Å². The van der Waals surface area contributed by atoms with Crippen molar-refractivity contribution in [2.75, 3.05) is 12.3 Å². The van der Waals surface area contributed by atoms with E-state index in [4.69, 9.17) is 14.9 Å². The Bertz CT molecular complexity index is 530. The van der Waals surface area contributed by atoms with Crippen molar-refractivity contribution in [2.45, 2.75) is 38.2 Å². The lowest BCUT2D eigenvalue weighted by molar-refractivity contribution is 0.0106. The van der Waals surface area contributed by atoms with Crippen molar-refractivity contribution in [1.82, 2.24) is 4.98 Å². The molecule has 96 valence electrons. The molecule has 0 aliphatic carbocycles. The Balaban J connectivity index is 1.67. The molecule has 1 atom stereocenters. The number of anilines is 1. The van der Waals surface area contributed by atoms with E-state index in [-0.39, 0.29) is 0 Å². The number of nitrogens with two attached hydrogens (primary N) is 1. The van der Waals surface area contributed by atoms with Crippen molar-refractivity contribution in [1.29, 1.82) is 0 Å². The molecule has 0 radical (unpaired) electrons. The Labute approximate surface area is 106 Å². The lowest BCUT2D eigenvalue weighted by Crippen LogP contribution is -2.19. The minimum Gasteiger partial charge on any atom is -0.441 e. The topological polar surface area (TPSA) is 61.3 Å². The number of fused-ring (bicyclic) bond motifs is 1. The normalized spacial score (nSPS) is 20.3. The van der Waals surface area contributed by atoms with E-state index in [9.17, 15) is 0 Å².